The summed E-state index contributed by atoms with van der Waals surface area (Å²) in [5, 5.41) is 10.7. The molecule has 3 heterocycles. The van der Waals surface area contributed by atoms with Crippen molar-refractivity contribution in [1.82, 2.24) is 14.8 Å². The van der Waals surface area contributed by atoms with Crippen LogP contribution in [0.3, 0.4) is 0 Å². The van der Waals surface area contributed by atoms with Gasteiger partial charge in [-0.05, 0) is 53.4 Å². The highest BCUT2D eigenvalue weighted by Gasteiger charge is 2.35. The molecular formula is C30H32F3N5O4S. The molecule has 5 rings (SSSR count). The highest BCUT2D eigenvalue weighted by atomic mass is 32.1. The molecule has 2 aliphatic heterocycles. The van der Waals surface area contributed by atoms with E-state index in [1.165, 1.54) is 33.4 Å². The van der Waals surface area contributed by atoms with Gasteiger partial charge in [-0.3, -0.25) is 9.69 Å². The molecule has 2 aliphatic rings. The summed E-state index contributed by atoms with van der Waals surface area (Å²) < 4.78 is 49.8. The summed E-state index contributed by atoms with van der Waals surface area (Å²) in [4.78, 5) is 31.7. The van der Waals surface area contributed by atoms with Crippen LogP contribution in [0.2, 0.25) is 0 Å². The van der Waals surface area contributed by atoms with Gasteiger partial charge in [-0.25, -0.2) is 9.80 Å². The average molecular weight is 616 g/mol. The molecule has 1 aromatic heterocycles. The van der Waals surface area contributed by atoms with Crippen molar-refractivity contribution in [2.75, 3.05) is 58.4 Å². The Morgan fingerprint density at radius 1 is 1.09 bits per heavy atom. The van der Waals surface area contributed by atoms with E-state index in [1.54, 1.807) is 7.11 Å². The van der Waals surface area contributed by atoms with Crippen molar-refractivity contribution in [2.45, 2.75) is 18.6 Å². The summed E-state index contributed by atoms with van der Waals surface area (Å²) in [6, 6.07) is 14.5. The van der Waals surface area contributed by atoms with Gasteiger partial charge in [0.2, 0.25) is 0 Å². The summed E-state index contributed by atoms with van der Waals surface area (Å²) in [5.41, 5.74) is 1.02. The second kappa shape index (κ2) is 13.6. The molecule has 0 spiro atoms. The first-order valence-electron chi connectivity index (χ1n) is 13.8. The second-order valence-corrected chi connectivity index (χ2v) is 11.1. The average Bonchev–Trinajstić information content (AvgIpc) is 3.70. The smallest absolute Gasteiger partial charge is 0.416 e. The topological polar surface area (TPSA) is 86.7 Å². The van der Waals surface area contributed by atoms with Gasteiger partial charge in [0, 0.05) is 38.3 Å². The van der Waals surface area contributed by atoms with E-state index in [9.17, 15) is 22.8 Å². The minimum Gasteiger partial charge on any atom is -0.497 e. The Hall–Kier alpha value is -3.94. The van der Waals surface area contributed by atoms with E-state index in [4.69, 9.17) is 14.6 Å². The number of thiophene rings is 1. The van der Waals surface area contributed by atoms with Crippen LogP contribution in [0.5, 0.6) is 5.75 Å². The summed E-state index contributed by atoms with van der Waals surface area (Å²) in [6.07, 6.45) is -3.98. The third-order valence-corrected chi connectivity index (χ3v) is 8.26. The summed E-state index contributed by atoms with van der Waals surface area (Å²) in [5.74, 6) is 0.310. The van der Waals surface area contributed by atoms with Crippen LogP contribution in [-0.2, 0) is 15.7 Å². The molecule has 43 heavy (non-hydrogen) atoms. The molecular weight excluding hydrogens is 583 g/mol. The SMILES string of the molecule is COc1ccc([C@H]2CC(c3cccs3)=NN2C(=O)CN(CCN2CCOCC2)C(=O)Nc2ccc(C(F)(F)F)cc2)cc1. The number of benzene rings is 2. The zero-order chi connectivity index (χ0) is 30.4. The highest BCUT2D eigenvalue weighted by molar-refractivity contribution is 7.12. The first-order valence-corrected chi connectivity index (χ1v) is 14.7. The molecule has 1 fully saturated rings. The van der Waals surface area contributed by atoms with Crippen molar-refractivity contribution in [3.63, 3.8) is 0 Å². The van der Waals surface area contributed by atoms with Crippen LogP contribution in [0.15, 0.2) is 71.1 Å². The lowest BCUT2D eigenvalue weighted by Gasteiger charge is -2.31. The van der Waals surface area contributed by atoms with Gasteiger partial charge in [0.15, 0.2) is 0 Å². The van der Waals surface area contributed by atoms with Crippen molar-refractivity contribution in [3.8, 4) is 5.75 Å². The number of amides is 3. The normalized spacial score (nSPS) is 17.4. The maximum atomic E-state index is 13.9. The van der Waals surface area contributed by atoms with Crippen LogP contribution in [0, 0.1) is 0 Å². The van der Waals surface area contributed by atoms with Gasteiger partial charge in [-0.15, -0.1) is 11.3 Å². The van der Waals surface area contributed by atoms with Crippen molar-refractivity contribution in [1.29, 1.82) is 0 Å². The number of rotatable bonds is 9. The first-order chi connectivity index (χ1) is 20.7. The van der Waals surface area contributed by atoms with Gasteiger partial charge in [-0.2, -0.15) is 18.3 Å². The summed E-state index contributed by atoms with van der Waals surface area (Å²) in [7, 11) is 1.58. The summed E-state index contributed by atoms with van der Waals surface area (Å²) in [6.45, 7) is 3.00. The Kier molecular flexibility index (Phi) is 9.63. The maximum Gasteiger partial charge on any atom is 0.416 e. The molecule has 0 saturated carbocycles. The fourth-order valence-electron chi connectivity index (χ4n) is 4.94. The Morgan fingerprint density at radius 3 is 2.44 bits per heavy atom. The molecule has 0 aliphatic carbocycles. The molecule has 1 atom stereocenters. The van der Waals surface area contributed by atoms with Gasteiger partial charge in [0.1, 0.15) is 12.3 Å². The Labute approximate surface area is 251 Å². The molecule has 1 saturated heterocycles. The molecule has 9 nitrogen and oxygen atoms in total. The number of halogens is 3. The molecule has 13 heteroatoms. The van der Waals surface area contributed by atoms with Gasteiger partial charge >= 0.3 is 12.2 Å². The number of hydrazone groups is 1. The van der Waals surface area contributed by atoms with E-state index in [2.05, 4.69) is 10.2 Å². The van der Waals surface area contributed by atoms with Crippen molar-refractivity contribution < 1.29 is 32.2 Å². The molecule has 3 aromatic rings. The number of hydrogen-bond acceptors (Lipinski definition) is 7. The number of carbonyl (C=O) groups excluding carboxylic acids is 2. The lowest BCUT2D eigenvalue weighted by molar-refractivity contribution is -0.137. The van der Waals surface area contributed by atoms with E-state index in [1.807, 2.05) is 41.8 Å². The van der Waals surface area contributed by atoms with E-state index in [0.29, 0.717) is 45.0 Å². The minimum absolute atomic E-state index is 0.192. The van der Waals surface area contributed by atoms with Crippen molar-refractivity contribution in [3.05, 3.63) is 82.0 Å². The van der Waals surface area contributed by atoms with Gasteiger partial charge in [0.25, 0.3) is 5.91 Å². The number of carbonyl (C=O) groups is 2. The van der Waals surface area contributed by atoms with E-state index in [-0.39, 0.29) is 30.7 Å². The number of alkyl halides is 3. The Bertz CT molecular complexity index is 1410. The largest absolute Gasteiger partial charge is 0.497 e. The van der Waals surface area contributed by atoms with Gasteiger partial charge in [0.05, 0.1) is 42.5 Å². The number of nitrogens with zero attached hydrogens (tertiary/aromatic N) is 4. The summed E-state index contributed by atoms with van der Waals surface area (Å²) >= 11 is 1.53. The molecule has 3 amide bonds. The number of methoxy groups -OCH3 is 1. The zero-order valence-electron chi connectivity index (χ0n) is 23.5. The van der Waals surface area contributed by atoms with E-state index >= 15 is 0 Å². The second-order valence-electron chi connectivity index (χ2n) is 10.1. The van der Waals surface area contributed by atoms with Crippen LogP contribution in [0.1, 0.15) is 28.5 Å². The van der Waals surface area contributed by atoms with Crippen LogP contribution in [0.25, 0.3) is 0 Å². The molecule has 2 aromatic carbocycles. The third kappa shape index (κ3) is 7.72. The fourth-order valence-corrected chi connectivity index (χ4v) is 5.66. The molecule has 1 N–H and O–H groups in total. The van der Waals surface area contributed by atoms with Crippen molar-refractivity contribution >= 4 is 34.7 Å². The lowest BCUT2D eigenvalue weighted by Crippen LogP contribution is -2.47. The number of ether oxygens (including phenoxy) is 2. The highest BCUT2D eigenvalue weighted by Crippen LogP contribution is 2.35. The first kappa shape index (κ1) is 30.5. The zero-order valence-corrected chi connectivity index (χ0v) is 24.4. The van der Waals surface area contributed by atoms with Crippen LogP contribution in [-0.4, -0.2) is 85.5 Å². The molecule has 228 valence electrons. The monoisotopic (exact) mass is 615 g/mol. The number of urea groups is 1. The standard InChI is InChI=1S/C30H32F3N5O4S/c1-41-24-10-4-21(5-11-24)26-19-25(27-3-2-18-43-27)35-38(26)28(39)20-37(13-12-36-14-16-42-17-15-36)29(40)34-23-8-6-22(7-9-23)30(31,32)33/h2-11,18,26H,12-17,19-20H2,1H3,(H,34,40)/t26-/m1/s1. The van der Waals surface area contributed by atoms with Crippen molar-refractivity contribution in [2.24, 2.45) is 5.10 Å². The number of morpholine rings is 1. The fraction of sp³-hybridized carbons (Fsp3) is 0.367. The number of nitrogens with one attached hydrogen (secondary N) is 1. The predicted octanol–water partition coefficient (Wildman–Crippen LogP) is 5.32. The van der Waals surface area contributed by atoms with Crippen LogP contribution >= 0.6 is 11.3 Å². The Balaban J connectivity index is 1.35. The number of hydrogen-bond donors (Lipinski definition) is 1. The molecule has 0 unspecified atom stereocenters. The predicted molar refractivity (Wildman–Crippen MR) is 157 cm³/mol. The quantitative estimate of drug-likeness (QED) is 0.352. The molecule has 0 radical (unpaired) electrons. The molecule has 0 bridgehead atoms. The van der Waals surface area contributed by atoms with Crippen LogP contribution < -0.4 is 10.1 Å². The van der Waals surface area contributed by atoms with Gasteiger partial charge in [-0.1, -0.05) is 18.2 Å². The van der Waals surface area contributed by atoms with Crippen LogP contribution in [0.4, 0.5) is 23.7 Å². The Morgan fingerprint density at radius 2 is 1.81 bits per heavy atom. The van der Waals surface area contributed by atoms with E-state index in [0.717, 1.165) is 28.3 Å². The lowest BCUT2D eigenvalue weighted by atomic mass is 10.0. The third-order valence-electron chi connectivity index (χ3n) is 7.34. The van der Waals surface area contributed by atoms with E-state index < -0.39 is 17.8 Å². The maximum absolute atomic E-state index is 13.9. The van der Waals surface area contributed by atoms with Gasteiger partial charge < -0.3 is 19.7 Å². The minimum atomic E-state index is -4.49. The number of anilines is 1.